The molecule has 170 valence electrons. The molecule has 1 aliphatic heterocycles. The smallest absolute Gasteiger partial charge is 0.417 e. The number of piperazine rings is 1. The number of amides is 2. The summed E-state index contributed by atoms with van der Waals surface area (Å²) in [5.74, 6) is -0.741. The molecule has 1 aromatic heterocycles. The molecule has 0 radical (unpaired) electrons. The van der Waals surface area contributed by atoms with E-state index < -0.39 is 29.1 Å². The molecule has 31 heavy (non-hydrogen) atoms. The molecule has 2 fully saturated rings. The van der Waals surface area contributed by atoms with Crippen molar-refractivity contribution >= 4 is 35.4 Å². The Labute approximate surface area is 187 Å². The van der Waals surface area contributed by atoms with Gasteiger partial charge in [0, 0.05) is 6.20 Å². The number of aromatic nitrogens is 2. The molecule has 9 nitrogen and oxygen atoms in total. The minimum atomic E-state index is -0.717. The maximum atomic E-state index is 13.0. The molecule has 0 aromatic carbocycles. The maximum Gasteiger partial charge on any atom is 0.417 e. The number of nitrogens with zero attached hydrogens (tertiary/aromatic N) is 4. The van der Waals surface area contributed by atoms with Crippen LogP contribution in [0.15, 0.2) is 6.20 Å². The second kappa shape index (κ2) is 8.98. The second-order valence-corrected chi connectivity index (χ2v) is 9.27. The third-order valence-electron chi connectivity index (χ3n) is 5.51. The predicted octanol–water partition coefficient (Wildman–Crippen LogP) is 3.59. The molecule has 1 saturated heterocycles. The molecule has 2 aliphatic rings. The quantitative estimate of drug-likeness (QED) is 0.506. The van der Waals surface area contributed by atoms with Gasteiger partial charge < -0.3 is 14.4 Å². The first-order chi connectivity index (χ1) is 14.6. The van der Waals surface area contributed by atoms with Crippen LogP contribution in [0.25, 0.3) is 0 Å². The van der Waals surface area contributed by atoms with Crippen LogP contribution in [0.3, 0.4) is 0 Å². The SMILES string of the molecule is CCOC(=O)c1cnc(Cl)nc1N1CC(=O)N(C(=O)OC(C)(C)C)CC12CCCCC2. The van der Waals surface area contributed by atoms with Crippen molar-refractivity contribution in [1.82, 2.24) is 14.9 Å². The van der Waals surface area contributed by atoms with E-state index >= 15 is 0 Å². The number of esters is 1. The maximum absolute atomic E-state index is 13.0. The highest BCUT2D eigenvalue weighted by molar-refractivity contribution is 6.28. The highest BCUT2D eigenvalue weighted by Gasteiger charge is 2.49. The van der Waals surface area contributed by atoms with Crippen LogP contribution in [0.4, 0.5) is 10.6 Å². The number of imide groups is 1. The Hall–Kier alpha value is -2.42. The van der Waals surface area contributed by atoms with Gasteiger partial charge in [0.25, 0.3) is 5.91 Å². The fourth-order valence-electron chi connectivity index (χ4n) is 4.19. The van der Waals surface area contributed by atoms with Crippen LogP contribution in [0.2, 0.25) is 5.28 Å². The average molecular weight is 453 g/mol. The summed E-state index contributed by atoms with van der Waals surface area (Å²) in [6, 6.07) is 0. The van der Waals surface area contributed by atoms with E-state index in [4.69, 9.17) is 21.1 Å². The van der Waals surface area contributed by atoms with E-state index in [1.165, 1.54) is 11.1 Å². The number of ether oxygens (including phenoxy) is 2. The summed E-state index contributed by atoms with van der Waals surface area (Å²) in [6.45, 7) is 7.21. The topological polar surface area (TPSA) is 102 Å². The van der Waals surface area contributed by atoms with Crippen molar-refractivity contribution in [2.24, 2.45) is 0 Å². The zero-order chi connectivity index (χ0) is 22.8. The van der Waals surface area contributed by atoms with Crippen LogP contribution < -0.4 is 4.90 Å². The summed E-state index contributed by atoms with van der Waals surface area (Å²) in [7, 11) is 0. The number of hydrogen-bond donors (Lipinski definition) is 0. The minimum Gasteiger partial charge on any atom is -0.462 e. The van der Waals surface area contributed by atoms with Gasteiger partial charge >= 0.3 is 12.1 Å². The van der Waals surface area contributed by atoms with E-state index in [9.17, 15) is 14.4 Å². The van der Waals surface area contributed by atoms with E-state index in [1.54, 1.807) is 27.7 Å². The molecule has 1 spiro atoms. The summed E-state index contributed by atoms with van der Waals surface area (Å²) in [5, 5.41) is -0.0315. The molecular weight excluding hydrogens is 424 g/mol. The van der Waals surface area contributed by atoms with Crippen LogP contribution >= 0.6 is 11.6 Å². The standard InChI is InChI=1S/C21H29ClN4O5/c1-5-30-17(28)14-11-23-18(22)24-16(14)26-12-15(27)25(19(29)31-20(2,3)4)13-21(26)9-7-6-8-10-21/h11H,5-10,12-13H2,1-4H3. The monoisotopic (exact) mass is 452 g/mol. The average Bonchev–Trinajstić information content (AvgIpc) is 2.69. The Morgan fingerprint density at radius 1 is 1.23 bits per heavy atom. The number of hydrogen-bond acceptors (Lipinski definition) is 8. The zero-order valence-electron chi connectivity index (χ0n) is 18.4. The zero-order valence-corrected chi connectivity index (χ0v) is 19.2. The fraction of sp³-hybridized carbons (Fsp3) is 0.667. The molecule has 3 rings (SSSR count). The lowest BCUT2D eigenvalue weighted by Crippen LogP contribution is -2.67. The molecule has 0 bridgehead atoms. The Kier molecular flexibility index (Phi) is 6.73. The van der Waals surface area contributed by atoms with Crippen molar-refractivity contribution in [1.29, 1.82) is 0 Å². The van der Waals surface area contributed by atoms with Crippen molar-refractivity contribution in [2.45, 2.75) is 70.9 Å². The Bertz CT molecular complexity index is 864. The Morgan fingerprint density at radius 2 is 1.90 bits per heavy atom. The van der Waals surface area contributed by atoms with E-state index in [0.29, 0.717) is 0 Å². The number of anilines is 1. The van der Waals surface area contributed by atoms with Gasteiger partial charge in [-0.15, -0.1) is 0 Å². The highest BCUT2D eigenvalue weighted by atomic mass is 35.5. The van der Waals surface area contributed by atoms with Gasteiger partial charge in [0.15, 0.2) is 0 Å². The number of carbonyl (C=O) groups is 3. The predicted molar refractivity (Wildman–Crippen MR) is 114 cm³/mol. The lowest BCUT2D eigenvalue weighted by Gasteiger charge is -2.52. The van der Waals surface area contributed by atoms with Gasteiger partial charge in [0.2, 0.25) is 5.28 Å². The second-order valence-electron chi connectivity index (χ2n) is 8.93. The molecular formula is C21H29ClN4O5. The van der Waals surface area contributed by atoms with Gasteiger partial charge in [-0.2, -0.15) is 4.98 Å². The normalized spacial score (nSPS) is 18.8. The summed E-state index contributed by atoms with van der Waals surface area (Å²) in [6.07, 6.45) is 5.07. The molecule has 2 heterocycles. The minimum absolute atomic E-state index is 0.0315. The Morgan fingerprint density at radius 3 is 2.52 bits per heavy atom. The summed E-state index contributed by atoms with van der Waals surface area (Å²) in [5.41, 5.74) is -1.14. The third-order valence-corrected chi connectivity index (χ3v) is 5.69. The molecule has 10 heteroatoms. The number of halogens is 1. The number of rotatable bonds is 3. The van der Waals surface area contributed by atoms with Crippen LogP contribution in [0, 0.1) is 0 Å². The molecule has 0 unspecified atom stereocenters. The highest BCUT2D eigenvalue weighted by Crippen LogP contribution is 2.40. The first-order valence-electron chi connectivity index (χ1n) is 10.6. The van der Waals surface area contributed by atoms with Crippen LogP contribution in [-0.4, -0.2) is 63.7 Å². The van der Waals surface area contributed by atoms with Crippen molar-refractivity contribution in [2.75, 3.05) is 24.6 Å². The van der Waals surface area contributed by atoms with Crippen LogP contribution in [0.5, 0.6) is 0 Å². The van der Waals surface area contributed by atoms with Gasteiger partial charge in [-0.25, -0.2) is 19.5 Å². The fourth-order valence-corrected chi connectivity index (χ4v) is 4.32. The van der Waals surface area contributed by atoms with Gasteiger partial charge in [-0.3, -0.25) is 4.79 Å². The van der Waals surface area contributed by atoms with Crippen LogP contribution in [0.1, 0.15) is 70.2 Å². The molecule has 0 N–H and O–H groups in total. The molecule has 0 atom stereocenters. The van der Waals surface area contributed by atoms with E-state index in [2.05, 4.69) is 9.97 Å². The van der Waals surface area contributed by atoms with Gasteiger partial charge in [0.1, 0.15) is 17.0 Å². The van der Waals surface area contributed by atoms with E-state index in [1.807, 2.05) is 4.90 Å². The lowest BCUT2D eigenvalue weighted by atomic mass is 9.78. The molecule has 1 saturated carbocycles. The van der Waals surface area contributed by atoms with Crippen LogP contribution in [-0.2, 0) is 14.3 Å². The molecule has 2 amide bonds. The van der Waals surface area contributed by atoms with Gasteiger partial charge in [-0.1, -0.05) is 19.3 Å². The summed E-state index contributed by atoms with van der Waals surface area (Å²) in [4.78, 5) is 49.6. The van der Waals surface area contributed by atoms with E-state index in [-0.39, 0.29) is 36.4 Å². The van der Waals surface area contributed by atoms with Crippen molar-refractivity contribution in [3.63, 3.8) is 0 Å². The molecule has 1 aliphatic carbocycles. The summed E-state index contributed by atoms with van der Waals surface area (Å²) >= 11 is 6.06. The largest absolute Gasteiger partial charge is 0.462 e. The van der Waals surface area contributed by atoms with Gasteiger partial charge in [0.05, 0.1) is 25.2 Å². The Balaban J connectivity index is 2.02. The molecule has 1 aromatic rings. The lowest BCUT2D eigenvalue weighted by molar-refractivity contribution is -0.132. The summed E-state index contributed by atoms with van der Waals surface area (Å²) < 4.78 is 10.6. The van der Waals surface area contributed by atoms with E-state index in [0.717, 1.165) is 32.1 Å². The van der Waals surface area contributed by atoms with Crippen molar-refractivity contribution < 1.29 is 23.9 Å². The first kappa shape index (κ1) is 23.2. The third kappa shape index (κ3) is 5.08. The first-order valence-corrected chi connectivity index (χ1v) is 10.9. The number of carbonyl (C=O) groups excluding carboxylic acids is 3. The van der Waals surface area contributed by atoms with Crippen molar-refractivity contribution in [3.05, 3.63) is 17.0 Å². The van der Waals surface area contributed by atoms with Gasteiger partial charge in [-0.05, 0) is 52.1 Å². The van der Waals surface area contributed by atoms with Crippen molar-refractivity contribution in [3.8, 4) is 0 Å².